The molecule has 1 aromatic rings. The fourth-order valence-electron chi connectivity index (χ4n) is 2.10. The minimum Gasteiger partial charge on any atom is -0.493 e. The largest absolute Gasteiger partial charge is 0.493 e. The van der Waals surface area contributed by atoms with Crippen LogP contribution in [-0.4, -0.2) is 18.3 Å². The Morgan fingerprint density at radius 2 is 2.33 bits per heavy atom. The van der Waals surface area contributed by atoms with Gasteiger partial charge in [0.2, 0.25) is 0 Å². The molecule has 3 heteroatoms. The first-order valence-corrected chi connectivity index (χ1v) is 5.32. The van der Waals surface area contributed by atoms with Gasteiger partial charge in [-0.1, -0.05) is 12.1 Å². The van der Waals surface area contributed by atoms with E-state index in [2.05, 4.69) is 0 Å². The number of fused-ring (bicyclic) bond motifs is 1. The van der Waals surface area contributed by atoms with Crippen LogP contribution in [0.25, 0.3) is 0 Å². The first kappa shape index (κ1) is 10.5. The van der Waals surface area contributed by atoms with E-state index in [0.29, 0.717) is 26.0 Å². The van der Waals surface area contributed by atoms with Crippen molar-refractivity contribution in [2.45, 2.75) is 25.4 Å². The zero-order chi connectivity index (χ0) is 10.9. The van der Waals surface area contributed by atoms with E-state index >= 15 is 0 Å². The molecule has 1 atom stereocenters. The zero-order valence-electron chi connectivity index (χ0n) is 8.99. The van der Waals surface area contributed by atoms with Crippen LogP contribution in [0.3, 0.4) is 0 Å². The van der Waals surface area contributed by atoms with Gasteiger partial charge < -0.3 is 15.6 Å². The molecule has 0 bridgehead atoms. The third kappa shape index (κ3) is 1.85. The topological polar surface area (TPSA) is 55.5 Å². The number of hydrogen-bond acceptors (Lipinski definition) is 3. The van der Waals surface area contributed by atoms with Crippen molar-refractivity contribution in [1.82, 2.24) is 0 Å². The second-order valence-electron chi connectivity index (χ2n) is 4.17. The van der Waals surface area contributed by atoms with Crippen LogP contribution in [0.15, 0.2) is 18.2 Å². The highest BCUT2D eigenvalue weighted by molar-refractivity contribution is 5.42. The number of aryl methyl sites for hydroxylation is 1. The first-order chi connectivity index (χ1) is 7.15. The van der Waals surface area contributed by atoms with E-state index in [1.165, 1.54) is 0 Å². The van der Waals surface area contributed by atoms with E-state index in [4.69, 9.17) is 10.5 Å². The zero-order valence-corrected chi connectivity index (χ0v) is 8.99. The molecule has 0 fully saturated rings. The first-order valence-electron chi connectivity index (χ1n) is 5.32. The molecule has 0 saturated carbocycles. The van der Waals surface area contributed by atoms with Crippen LogP contribution in [0.4, 0.5) is 0 Å². The molecule has 0 spiro atoms. The summed E-state index contributed by atoms with van der Waals surface area (Å²) in [5.41, 5.74) is 6.76. The normalized spacial score (nSPS) is 24.5. The Balaban J connectivity index is 2.42. The predicted octanol–water partition coefficient (Wildman–Crippen LogP) is 1.31. The summed E-state index contributed by atoms with van der Waals surface area (Å²) < 4.78 is 5.55. The average Bonchev–Trinajstić information content (AvgIpc) is 2.17. The number of ether oxygens (including phenoxy) is 1. The molecule has 1 heterocycles. The summed E-state index contributed by atoms with van der Waals surface area (Å²) >= 11 is 0. The Hall–Kier alpha value is -1.06. The Labute approximate surface area is 89.9 Å². The number of aliphatic hydroxyl groups is 1. The molecule has 0 amide bonds. The van der Waals surface area contributed by atoms with Gasteiger partial charge in [-0.25, -0.2) is 0 Å². The summed E-state index contributed by atoms with van der Waals surface area (Å²) in [6.07, 6.45) is 1.21. The van der Waals surface area contributed by atoms with Gasteiger partial charge in [0.1, 0.15) is 5.75 Å². The molecule has 1 aromatic carbocycles. The van der Waals surface area contributed by atoms with Gasteiger partial charge in [0.15, 0.2) is 0 Å². The summed E-state index contributed by atoms with van der Waals surface area (Å²) in [5, 5.41) is 10.5. The van der Waals surface area contributed by atoms with Gasteiger partial charge in [-0.15, -0.1) is 0 Å². The van der Waals surface area contributed by atoms with Crippen molar-refractivity contribution in [3.8, 4) is 5.75 Å². The van der Waals surface area contributed by atoms with Crippen molar-refractivity contribution in [2.24, 2.45) is 5.73 Å². The fourth-order valence-corrected chi connectivity index (χ4v) is 2.10. The maximum Gasteiger partial charge on any atom is 0.125 e. The predicted molar refractivity (Wildman–Crippen MR) is 58.9 cm³/mol. The molecular formula is C12H17NO2. The van der Waals surface area contributed by atoms with E-state index in [0.717, 1.165) is 16.9 Å². The molecule has 1 aliphatic heterocycles. The lowest BCUT2D eigenvalue weighted by atomic mass is 9.85. The Kier molecular flexibility index (Phi) is 2.67. The highest BCUT2D eigenvalue weighted by Gasteiger charge is 2.34. The number of nitrogens with two attached hydrogens (primary N) is 1. The van der Waals surface area contributed by atoms with E-state index in [9.17, 15) is 5.11 Å². The molecule has 1 aliphatic rings. The molecule has 0 aliphatic carbocycles. The number of rotatable bonds is 2. The molecule has 3 N–H and O–H groups in total. The van der Waals surface area contributed by atoms with Crippen LogP contribution in [0, 0.1) is 6.92 Å². The van der Waals surface area contributed by atoms with Gasteiger partial charge in [-0.3, -0.25) is 0 Å². The van der Waals surface area contributed by atoms with Gasteiger partial charge in [0, 0.05) is 12.0 Å². The molecule has 2 rings (SSSR count). The van der Waals surface area contributed by atoms with Gasteiger partial charge in [-0.05, 0) is 31.5 Å². The minimum atomic E-state index is -0.796. The van der Waals surface area contributed by atoms with Gasteiger partial charge in [-0.2, -0.15) is 0 Å². The SMILES string of the molecule is Cc1ccc2c(c1)OCCC2(O)CCN. The molecule has 3 nitrogen and oxygen atoms in total. The minimum absolute atomic E-state index is 0.490. The average molecular weight is 207 g/mol. The maximum absolute atomic E-state index is 10.5. The molecule has 82 valence electrons. The lowest BCUT2D eigenvalue weighted by Gasteiger charge is -2.34. The monoisotopic (exact) mass is 207 g/mol. The van der Waals surface area contributed by atoms with Crippen molar-refractivity contribution >= 4 is 0 Å². The molecule has 1 unspecified atom stereocenters. The third-order valence-corrected chi connectivity index (χ3v) is 2.97. The van der Waals surface area contributed by atoms with Crippen LogP contribution in [0.1, 0.15) is 24.0 Å². The van der Waals surface area contributed by atoms with Gasteiger partial charge >= 0.3 is 0 Å². The van der Waals surface area contributed by atoms with E-state index in [1.807, 2.05) is 25.1 Å². The summed E-state index contributed by atoms with van der Waals surface area (Å²) in [7, 11) is 0. The lowest BCUT2D eigenvalue weighted by Crippen LogP contribution is -2.34. The van der Waals surface area contributed by atoms with E-state index in [-0.39, 0.29) is 0 Å². The second kappa shape index (κ2) is 3.83. The second-order valence-corrected chi connectivity index (χ2v) is 4.17. The standard InChI is InChI=1S/C12H17NO2/c1-9-2-3-10-11(8-9)15-7-5-12(10,14)4-6-13/h2-3,8,14H,4-7,13H2,1H3. The fraction of sp³-hybridized carbons (Fsp3) is 0.500. The molecule has 15 heavy (non-hydrogen) atoms. The van der Waals surface area contributed by atoms with Crippen LogP contribution >= 0.6 is 0 Å². The smallest absolute Gasteiger partial charge is 0.125 e. The number of hydrogen-bond donors (Lipinski definition) is 2. The van der Waals surface area contributed by atoms with Crippen LogP contribution < -0.4 is 10.5 Å². The summed E-state index contributed by atoms with van der Waals surface area (Å²) in [6, 6.07) is 5.91. The van der Waals surface area contributed by atoms with Crippen molar-refractivity contribution in [3.63, 3.8) is 0 Å². The summed E-state index contributed by atoms with van der Waals surface area (Å²) in [4.78, 5) is 0. The molecule has 0 saturated heterocycles. The highest BCUT2D eigenvalue weighted by atomic mass is 16.5. The Bertz CT molecular complexity index is 365. The highest BCUT2D eigenvalue weighted by Crippen LogP contribution is 2.39. The van der Waals surface area contributed by atoms with Crippen molar-refractivity contribution < 1.29 is 9.84 Å². The maximum atomic E-state index is 10.5. The summed E-state index contributed by atoms with van der Waals surface area (Å²) in [5.74, 6) is 0.803. The van der Waals surface area contributed by atoms with Gasteiger partial charge in [0.05, 0.1) is 12.2 Å². The van der Waals surface area contributed by atoms with Crippen LogP contribution in [-0.2, 0) is 5.60 Å². The van der Waals surface area contributed by atoms with E-state index < -0.39 is 5.60 Å². The molecule has 0 aromatic heterocycles. The van der Waals surface area contributed by atoms with Crippen LogP contribution in [0.5, 0.6) is 5.75 Å². The number of benzene rings is 1. The van der Waals surface area contributed by atoms with Crippen molar-refractivity contribution in [2.75, 3.05) is 13.2 Å². The van der Waals surface area contributed by atoms with Crippen LogP contribution in [0.2, 0.25) is 0 Å². The van der Waals surface area contributed by atoms with Crippen molar-refractivity contribution in [3.05, 3.63) is 29.3 Å². The molecule has 0 radical (unpaired) electrons. The van der Waals surface area contributed by atoms with E-state index in [1.54, 1.807) is 0 Å². The molecular weight excluding hydrogens is 190 g/mol. The van der Waals surface area contributed by atoms with Crippen molar-refractivity contribution in [1.29, 1.82) is 0 Å². The Morgan fingerprint density at radius 3 is 3.07 bits per heavy atom. The summed E-state index contributed by atoms with van der Waals surface area (Å²) in [6.45, 7) is 3.07. The third-order valence-electron chi connectivity index (χ3n) is 2.97. The van der Waals surface area contributed by atoms with Gasteiger partial charge in [0.25, 0.3) is 0 Å². The Morgan fingerprint density at radius 1 is 1.53 bits per heavy atom. The lowest BCUT2D eigenvalue weighted by molar-refractivity contribution is -0.00839. The quantitative estimate of drug-likeness (QED) is 0.769.